The number of carbonyl (C=O) groups excluding carboxylic acids is 1. The Balaban J connectivity index is 2.06. The number of pyridine rings is 2. The highest BCUT2D eigenvalue weighted by Crippen LogP contribution is 2.34. The number of ether oxygens (including phenoxy) is 1. The standard InChI is InChI=1S/C18H16ClN3O4/c1-2-26-18(25)11(17(23)24)8-10-4-3-6-20-15(10)12-9-22-16-14(12)13(19)5-7-21-16/h3-7,9,11H,2,8H2,1H3,(H,21,22)(H,23,24). The zero-order valence-corrected chi connectivity index (χ0v) is 14.7. The van der Waals surface area contributed by atoms with Crippen molar-refractivity contribution in [3.63, 3.8) is 0 Å². The van der Waals surface area contributed by atoms with Gasteiger partial charge in [0.1, 0.15) is 5.65 Å². The topological polar surface area (TPSA) is 105 Å². The number of halogens is 1. The van der Waals surface area contributed by atoms with Gasteiger partial charge in [-0.1, -0.05) is 17.7 Å². The number of nitrogens with zero attached hydrogens (tertiary/aromatic N) is 2. The van der Waals surface area contributed by atoms with E-state index in [0.717, 1.165) is 0 Å². The van der Waals surface area contributed by atoms with Gasteiger partial charge in [-0.15, -0.1) is 0 Å². The van der Waals surface area contributed by atoms with Gasteiger partial charge in [-0.05, 0) is 31.0 Å². The predicted molar refractivity (Wildman–Crippen MR) is 95.8 cm³/mol. The fraction of sp³-hybridized carbons (Fsp3) is 0.222. The van der Waals surface area contributed by atoms with Crippen LogP contribution >= 0.6 is 11.6 Å². The average Bonchev–Trinajstić information content (AvgIpc) is 3.05. The molecule has 0 aliphatic carbocycles. The van der Waals surface area contributed by atoms with E-state index in [0.29, 0.717) is 32.9 Å². The van der Waals surface area contributed by atoms with Crippen LogP contribution in [0.15, 0.2) is 36.8 Å². The minimum absolute atomic E-state index is 0.0398. The lowest BCUT2D eigenvalue weighted by molar-refractivity contribution is -0.158. The van der Waals surface area contributed by atoms with Crippen molar-refractivity contribution in [2.75, 3.05) is 6.61 Å². The fourth-order valence-electron chi connectivity index (χ4n) is 2.78. The number of carboxylic acids is 1. The Hall–Kier alpha value is -2.93. The van der Waals surface area contributed by atoms with Crippen molar-refractivity contribution in [2.45, 2.75) is 13.3 Å². The highest BCUT2D eigenvalue weighted by atomic mass is 35.5. The number of carbonyl (C=O) groups is 2. The van der Waals surface area contributed by atoms with Crippen LogP contribution in [0, 0.1) is 5.92 Å². The van der Waals surface area contributed by atoms with E-state index in [1.807, 2.05) is 0 Å². The molecule has 0 spiro atoms. The smallest absolute Gasteiger partial charge is 0.320 e. The van der Waals surface area contributed by atoms with Gasteiger partial charge in [0.25, 0.3) is 0 Å². The summed E-state index contributed by atoms with van der Waals surface area (Å²) in [4.78, 5) is 35.2. The van der Waals surface area contributed by atoms with Crippen LogP contribution in [0.5, 0.6) is 0 Å². The van der Waals surface area contributed by atoms with Gasteiger partial charge in [-0.25, -0.2) is 4.98 Å². The summed E-state index contributed by atoms with van der Waals surface area (Å²) < 4.78 is 4.88. The first-order valence-electron chi connectivity index (χ1n) is 7.98. The fourth-order valence-corrected chi connectivity index (χ4v) is 3.03. The number of aromatic amines is 1. The molecular formula is C18H16ClN3O4. The molecule has 0 saturated carbocycles. The van der Waals surface area contributed by atoms with Gasteiger partial charge in [0.2, 0.25) is 0 Å². The normalized spacial score (nSPS) is 12.1. The summed E-state index contributed by atoms with van der Waals surface area (Å²) >= 11 is 6.30. The minimum Gasteiger partial charge on any atom is -0.481 e. The number of nitrogens with one attached hydrogen (secondary N) is 1. The molecule has 0 fully saturated rings. The summed E-state index contributed by atoms with van der Waals surface area (Å²) in [5.74, 6) is -3.32. The Kier molecular flexibility index (Phi) is 5.18. The summed E-state index contributed by atoms with van der Waals surface area (Å²) in [6, 6.07) is 5.10. The van der Waals surface area contributed by atoms with Crippen LogP contribution < -0.4 is 0 Å². The van der Waals surface area contributed by atoms with E-state index in [1.54, 1.807) is 43.7 Å². The quantitative estimate of drug-likeness (QED) is 0.508. The largest absolute Gasteiger partial charge is 0.481 e. The van der Waals surface area contributed by atoms with E-state index in [9.17, 15) is 14.7 Å². The Labute approximate surface area is 154 Å². The molecule has 0 saturated heterocycles. The molecule has 0 amide bonds. The molecule has 0 bridgehead atoms. The highest BCUT2D eigenvalue weighted by Gasteiger charge is 2.29. The lowest BCUT2D eigenvalue weighted by Crippen LogP contribution is -2.28. The number of esters is 1. The zero-order chi connectivity index (χ0) is 18.7. The van der Waals surface area contributed by atoms with Crippen molar-refractivity contribution in [3.8, 4) is 11.3 Å². The number of aromatic nitrogens is 3. The van der Waals surface area contributed by atoms with Crippen LogP contribution in [0.4, 0.5) is 0 Å². The second-order valence-electron chi connectivity index (χ2n) is 5.58. The third kappa shape index (κ3) is 3.39. The Bertz CT molecular complexity index is 970. The second-order valence-corrected chi connectivity index (χ2v) is 5.98. The van der Waals surface area contributed by atoms with E-state index in [2.05, 4.69) is 15.0 Å². The molecule has 1 unspecified atom stereocenters. The van der Waals surface area contributed by atoms with Crippen molar-refractivity contribution in [1.82, 2.24) is 15.0 Å². The van der Waals surface area contributed by atoms with E-state index >= 15 is 0 Å². The Morgan fingerprint density at radius 1 is 1.31 bits per heavy atom. The minimum atomic E-state index is -1.31. The number of carboxylic acid groups (broad SMARTS) is 1. The lowest BCUT2D eigenvalue weighted by atomic mass is 9.95. The van der Waals surface area contributed by atoms with E-state index < -0.39 is 17.9 Å². The molecule has 0 aliphatic rings. The van der Waals surface area contributed by atoms with E-state index in [-0.39, 0.29) is 13.0 Å². The van der Waals surface area contributed by atoms with Crippen LogP contribution in [0.1, 0.15) is 12.5 Å². The molecule has 3 aromatic heterocycles. The van der Waals surface area contributed by atoms with Crippen molar-refractivity contribution in [1.29, 1.82) is 0 Å². The molecule has 0 aliphatic heterocycles. The second kappa shape index (κ2) is 7.53. The molecule has 0 radical (unpaired) electrons. The first-order valence-corrected chi connectivity index (χ1v) is 8.36. The number of rotatable bonds is 6. The van der Waals surface area contributed by atoms with Crippen LogP contribution in [0.25, 0.3) is 22.3 Å². The van der Waals surface area contributed by atoms with Gasteiger partial charge in [0.05, 0.1) is 17.3 Å². The summed E-state index contributed by atoms with van der Waals surface area (Å²) in [6.07, 6.45) is 4.87. The summed E-state index contributed by atoms with van der Waals surface area (Å²) in [6.45, 7) is 1.75. The van der Waals surface area contributed by atoms with E-state index in [1.165, 1.54) is 0 Å². The summed E-state index contributed by atoms with van der Waals surface area (Å²) in [7, 11) is 0. The molecule has 8 heteroatoms. The monoisotopic (exact) mass is 373 g/mol. The van der Waals surface area contributed by atoms with Crippen molar-refractivity contribution in [3.05, 3.63) is 47.4 Å². The van der Waals surface area contributed by atoms with Crippen LogP contribution in [0.2, 0.25) is 5.02 Å². The van der Waals surface area contributed by atoms with Crippen molar-refractivity contribution >= 4 is 34.6 Å². The van der Waals surface area contributed by atoms with Crippen molar-refractivity contribution in [2.24, 2.45) is 5.92 Å². The SMILES string of the molecule is CCOC(=O)C(Cc1cccnc1-c1c[nH]c2nccc(Cl)c12)C(=O)O. The molecule has 134 valence electrons. The molecule has 3 aromatic rings. The third-order valence-corrected chi connectivity index (χ3v) is 4.28. The first-order chi connectivity index (χ1) is 12.5. The number of fused-ring (bicyclic) bond motifs is 1. The summed E-state index contributed by atoms with van der Waals surface area (Å²) in [5.41, 5.74) is 2.45. The number of aliphatic carboxylic acids is 1. The Morgan fingerprint density at radius 2 is 2.12 bits per heavy atom. The molecule has 2 N–H and O–H groups in total. The van der Waals surface area contributed by atoms with Crippen LogP contribution in [-0.4, -0.2) is 38.6 Å². The maximum atomic E-state index is 12.0. The van der Waals surface area contributed by atoms with Gasteiger partial charge < -0.3 is 14.8 Å². The molecule has 1 atom stereocenters. The molecular weight excluding hydrogens is 358 g/mol. The molecule has 26 heavy (non-hydrogen) atoms. The molecule has 3 rings (SSSR count). The third-order valence-electron chi connectivity index (χ3n) is 3.96. The van der Waals surface area contributed by atoms with Crippen LogP contribution in [0.3, 0.4) is 0 Å². The number of hydrogen-bond donors (Lipinski definition) is 2. The van der Waals surface area contributed by atoms with Crippen molar-refractivity contribution < 1.29 is 19.4 Å². The molecule has 0 aromatic carbocycles. The zero-order valence-electron chi connectivity index (χ0n) is 13.9. The number of hydrogen-bond acceptors (Lipinski definition) is 5. The van der Waals surface area contributed by atoms with Gasteiger partial charge in [-0.3, -0.25) is 14.6 Å². The average molecular weight is 374 g/mol. The lowest BCUT2D eigenvalue weighted by Gasteiger charge is -2.13. The highest BCUT2D eigenvalue weighted by molar-refractivity contribution is 6.36. The van der Waals surface area contributed by atoms with Gasteiger partial charge in [0.15, 0.2) is 5.92 Å². The maximum absolute atomic E-state index is 12.0. The molecule has 7 nitrogen and oxygen atoms in total. The maximum Gasteiger partial charge on any atom is 0.320 e. The predicted octanol–water partition coefficient (Wildman–Crippen LogP) is 3.08. The van der Waals surface area contributed by atoms with Gasteiger partial charge in [0, 0.05) is 29.5 Å². The van der Waals surface area contributed by atoms with Gasteiger partial charge >= 0.3 is 11.9 Å². The Morgan fingerprint density at radius 3 is 2.85 bits per heavy atom. The van der Waals surface area contributed by atoms with Gasteiger partial charge in [-0.2, -0.15) is 0 Å². The van der Waals surface area contributed by atoms with Crippen LogP contribution in [-0.2, 0) is 20.7 Å². The van der Waals surface area contributed by atoms with E-state index in [4.69, 9.17) is 16.3 Å². The first kappa shape index (κ1) is 17.9. The molecule has 3 heterocycles. The number of H-pyrrole nitrogens is 1. The summed E-state index contributed by atoms with van der Waals surface area (Å²) in [5, 5.41) is 10.6.